The fourth-order valence-corrected chi connectivity index (χ4v) is 3.81. The van der Waals surface area contributed by atoms with Gasteiger partial charge in [0.1, 0.15) is 10.6 Å². The van der Waals surface area contributed by atoms with Crippen molar-refractivity contribution in [1.29, 1.82) is 0 Å². The summed E-state index contributed by atoms with van der Waals surface area (Å²) in [7, 11) is 2.02. The molecule has 0 unspecified atom stereocenters. The highest BCUT2D eigenvalue weighted by molar-refractivity contribution is 7.18. The third kappa shape index (κ3) is 2.34. The fraction of sp³-hybridized carbons (Fsp3) is 0.308. The number of thiazole rings is 1. The topological polar surface area (TPSA) is 67.9 Å². The van der Waals surface area contributed by atoms with E-state index in [4.69, 9.17) is 5.73 Å². The third-order valence-electron chi connectivity index (χ3n) is 3.10. The molecular formula is C13H15N5S2. The maximum absolute atomic E-state index is 5.82. The van der Waals surface area contributed by atoms with Crippen molar-refractivity contribution in [3.8, 4) is 0 Å². The molecule has 5 nitrogen and oxygen atoms in total. The summed E-state index contributed by atoms with van der Waals surface area (Å²) in [5.41, 5.74) is 8.77. The summed E-state index contributed by atoms with van der Waals surface area (Å²) in [4.78, 5) is 18.5. The van der Waals surface area contributed by atoms with Gasteiger partial charge in [-0.2, -0.15) is 4.98 Å². The van der Waals surface area contributed by atoms with Crippen LogP contribution >= 0.6 is 22.7 Å². The second-order valence-corrected chi connectivity index (χ2v) is 6.87. The molecule has 0 aromatic carbocycles. The summed E-state index contributed by atoms with van der Waals surface area (Å²) in [5, 5.41) is 1.06. The van der Waals surface area contributed by atoms with Crippen LogP contribution in [0.3, 0.4) is 0 Å². The van der Waals surface area contributed by atoms with Crippen molar-refractivity contribution >= 4 is 44.7 Å². The summed E-state index contributed by atoms with van der Waals surface area (Å²) < 4.78 is 0. The summed E-state index contributed by atoms with van der Waals surface area (Å²) in [6.07, 6.45) is 0. The Morgan fingerprint density at radius 2 is 2.10 bits per heavy atom. The zero-order chi connectivity index (χ0) is 14.3. The van der Waals surface area contributed by atoms with E-state index >= 15 is 0 Å². The van der Waals surface area contributed by atoms with Crippen molar-refractivity contribution in [2.75, 3.05) is 17.7 Å². The first-order valence-corrected chi connectivity index (χ1v) is 7.88. The van der Waals surface area contributed by atoms with Crippen molar-refractivity contribution in [1.82, 2.24) is 15.0 Å². The molecule has 3 aromatic rings. The summed E-state index contributed by atoms with van der Waals surface area (Å²) >= 11 is 3.30. The number of thiophene rings is 1. The Morgan fingerprint density at radius 1 is 1.30 bits per heavy atom. The van der Waals surface area contributed by atoms with Gasteiger partial charge in [0.05, 0.1) is 23.1 Å². The Morgan fingerprint density at radius 3 is 2.80 bits per heavy atom. The number of aromatic nitrogens is 3. The highest BCUT2D eigenvalue weighted by Crippen LogP contribution is 2.31. The first-order valence-electron chi connectivity index (χ1n) is 6.18. The van der Waals surface area contributed by atoms with E-state index in [1.165, 1.54) is 9.75 Å². The molecule has 3 heterocycles. The van der Waals surface area contributed by atoms with E-state index in [0.717, 1.165) is 28.3 Å². The molecule has 0 aliphatic carbocycles. The van der Waals surface area contributed by atoms with Crippen molar-refractivity contribution in [2.45, 2.75) is 20.4 Å². The molecule has 0 fully saturated rings. The van der Waals surface area contributed by atoms with Crippen LogP contribution in [-0.4, -0.2) is 22.0 Å². The quantitative estimate of drug-likeness (QED) is 0.805. The molecule has 3 rings (SSSR count). The van der Waals surface area contributed by atoms with Crippen LogP contribution in [0.1, 0.15) is 15.4 Å². The number of nitrogens with two attached hydrogens (primary N) is 1. The SMILES string of the molecule is Cc1cc2c(N(C)Cc3scnc3C)nc(N)nc2s1. The number of anilines is 2. The van der Waals surface area contributed by atoms with Gasteiger partial charge in [-0.05, 0) is 19.9 Å². The van der Waals surface area contributed by atoms with Gasteiger partial charge in [-0.15, -0.1) is 22.7 Å². The Hall–Kier alpha value is -1.73. The highest BCUT2D eigenvalue weighted by Gasteiger charge is 2.14. The predicted molar refractivity (Wildman–Crippen MR) is 85.5 cm³/mol. The Balaban J connectivity index is 2.02. The fourth-order valence-electron chi connectivity index (χ4n) is 2.10. The van der Waals surface area contributed by atoms with Crippen LogP contribution in [0.5, 0.6) is 0 Å². The average Bonchev–Trinajstić information content (AvgIpc) is 2.94. The molecule has 0 bridgehead atoms. The molecule has 0 aliphatic rings. The first kappa shape index (κ1) is 13.3. The second kappa shape index (κ2) is 4.99. The number of rotatable bonds is 3. The van der Waals surface area contributed by atoms with E-state index in [-0.39, 0.29) is 0 Å². The summed E-state index contributed by atoms with van der Waals surface area (Å²) in [6, 6.07) is 2.12. The van der Waals surface area contributed by atoms with Crippen LogP contribution in [0, 0.1) is 13.8 Å². The van der Waals surface area contributed by atoms with Gasteiger partial charge >= 0.3 is 0 Å². The molecule has 0 saturated heterocycles. The van der Waals surface area contributed by atoms with Gasteiger partial charge in [0.25, 0.3) is 0 Å². The first-order chi connectivity index (χ1) is 9.54. The van der Waals surface area contributed by atoms with Crippen molar-refractivity contribution in [3.05, 3.63) is 27.0 Å². The summed E-state index contributed by atoms with van der Waals surface area (Å²) in [6.45, 7) is 4.87. The van der Waals surface area contributed by atoms with Crippen molar-refractivity contribution < 1.29 is 0 Å². The molecule has 0 radical (unpaired) electrons. The monoisotopic (exact) mass is 305 g/mol. The van der Waals surface area contributed by atoms with E-state index in [0.29, 0.717) is 5.95 Å². The number of nitrogens with zero attached hydrogens (tertiary/aromatic N) is 4. The number of nitrogen functional groups attached to an aromatic ring is 1. The van der Waals surface area contributed by atoms with E-state index in [1.807, 2.05) is 19.5 Å². The van der Waals surface area contributed by atoms with Crippen molar-refractivity contribution in [2.24, 2.45) is 0 Å². The molecule has 3 aromatic heterocycles. The van der Waals surface area contributed by atoms with E-state index in [2.05, 4.69) is 32.8 Å². The molecule has 0 saturated carbocycles. The van der Waals surface area contributed by atoms with Gasteiger partial charge in [0.2, 0.25) is 5.95 Å². The Labute approximate surface area is 125 Å². The van der Waals surface area contributed by atoms with Gasteiger partial charge in [0, 0.05) is 16.8 Å². The van der Waals surface area contributed by atoms with Crippen LogP contribution in [0.15, 0.2) is 11.6 Å². The van der Waals surface area contributed by atoms with E-state index < -0.39 is 0 Å². The maximum Gasteiger partial charge on any atom is 0.223 e. The normalized spacial score (nSPS) is 11.2. The molecule has 0 spiro atoms. The van der Waals surface area contributed by atoms with E-state index in [1.54, 1.807) is 22.7 Å². The van der Waals surface area contributed by atoms with Crippen LogP contribution in [0.2, 0.25) is 0 Å². The van der Waals surface area contributed by atoms with Crippen LogP contribution < -0.4 is 10.6 Å². The minimum Gasteiger partial charge on any atom is -0.368 e. The maximum atomic E-state index is 5.82. The molecule has 7 heteroatoms. The molecule has 2 N–H and O–H groups in total. The van der Waals surface area contributed by atoms with E-state index in [9.17, 15) is 0 Å². The zero-order valence-corrected chi connectivity index (χ0v) is 13.2. The molecule has 0 amide bonds. The van der Waals surface area contributed by atoms with Crippen LogP contribution in [0.4, 0.5) is 11.8 Å². The molecule has 0 atom stereocenters. The molecule has 20 heavy (non-hydrogen) atoms. The van der Waals surface area contributed by atoms with Crippen LogP contribution in [-0.2, 0) is 6.54 Å². The minimum absolute atomic E-state index is 0.322. The van der Waals surface area contributed by atoms with Gasteiger partial charge < -0.3 is 10.6 Å². The lowest BCUT2D eigenvalue weighted by Gasteiger charge is -2.18. The number of aryl methyl sites for hydroxylation is 2. The van der Waals surface area contributed by atoms with Crippen LogP contribution in [0.25, 0.3) is 10.2 Å². The molecule has 104 valence electrons. The smallest absolute Gasteiger partial charge is 0.223 e. The van der Waals surface area contributed by atoms with Gasteiger partial charge in [0.15, 0.2) is 0 Å². The lowest BCUT2D eigenvalue weighted by Crippen LogP contribution is -2.18. The number of fused-ring (bicyclic) bond motifs is 1. The average molecular weight is 305 g/mol. The Kier molecular flexibility index (Phi) is 3.31. The Bertz CT molecular complexity index is 761. The van der Waals surface area contributed by atoms with Crippen molar-refractivity contribution in [3.63, 3.8) is 0 Å². The molecule has 0 aliphatic heterocycles. The lowest BCUT2D eigenvalue weighted by atomic mass is 10.3. The highest BCUT2D eigenvalue weighted by atomic mass is 32.1. The van der Waals surface area contributed by atoms with Gasteiger partial charge in [-0.1, -0.05) is 0 Å². The van der Waals surface area contributed by atoms with Gasteiger partial charge in [-0.3, -0.25) is 0 Å². The number of hydrogen-bond acceptors (Lipinski definition) is 7. The summed E-state index contributed by atoms with van der Waals surface area (Å²) in [5.74, 6) is 1.20. The standard InChI is InChI=1S/C13H15N5S2/c1-7-4-9-11(16-13(14)17-12(9)20-7)18(3)5-10-8(2)15-6-19-10/h4,6H,5H2,1-3H3,(H2,14,16,17). The third-order valence-corrected chi connectivity index (χ3v) is 4.96. The predicted octanol–water partition coefficient (Wildman–Crippen LogP) is 2.98. The lowest BCUT2D eigenvalue weighted by molar-refractivity contribution is 0.906. The zero-order valence-electron chi connectivity index (χ0n) is 11.5. The van der Waals surface area contributed by atoms with Gasteiger partial charge in [-0.25, -0.2) is 9.97 Å². The minimum atomic E-state index is 0.322. The second-order valence-electron chi connectivity index (χ2n) is 4.70. The largest absolute Gasteiger partial charge is 0.368 e. The molecular weight excluding hydrogens is 290 g/mol. The number of hydrogen-bond donors (Lipinski definition) is 1.